The van der Waals surface area contributed by atoms with Crippen molar-refractivity contribution in [1.29, 1.82) is 0 Å². The number of benzene rings is 1. The Morgan fingerprint density at radius 3 is 2.41 bits per heavy atom. The SMILES string of the molecule is CCC(=C1C(=O)OO[Si](C)(C)OC1=O)c1ccccc1CC. The summed E-state index contributed by atoms with van der Waals surface area (Å²) in [6, 6.07) is 7.70. The highest BCUT2D eigenvalue weighted by Crippen LogP contribution is 2.29. The minimum Gasteiger partial charge on any atom is -0.488 e. The first-order valence-corrected chi connectivity index (χ1v) is 10.2. The molecule has 0 amide bonds. The molecule has 1 saturated heterocycles. The van der Waals surface area contributed by atoms with E-state index in [4.69, 9.17) is 13.9 Å². The molecule has 6 heteroatoms. The first kappa shape index (κ1) is 16.4. The van der Waals surface area contributed by atoms with Crippen LogP contribution in [0.2, 0.25) is 13.1 Å². The van der Waals surface area contributed by atoms with E-state index in [0.717, 1.165) is 17.5 Å². The Morgan fingerprint density at radius 2 is 1.77 bits per heavy atom. The van der Waals surface area contributed by atoms with Gasteiger partial charge in [0, 0.05) is 0 Å². The zero-order valence-corrected chi connectivity index (χ0v) is 14.3. The normalized spacial score (nSPS) is 20.0. The summed E-state index contributed by atoms with van der Waals surface area (Å²) in [5.74, 6) is -1.45. The van der Waals surface area contributed by atoms with Gasteiger partial charge in [0.25, 0.3) is 0 Å². The quantitative estimate of drug-likeness (QED) is 0.370. The summed E-state index contributed by atoms with van der Waals surface area (Å²) in [6.07, 6.45) is 1.31. The second kappa shape index (κ2) is 6.45. The van der Waals surface area contributed by atoms with Crippen LogP contribution in [0.4, 0.5) is 0 Å². The number of rotatable bonds is 3. The Balaban J connectivity index is 2.61. The van der Waals surface area contributed by atoms with Gasteiger partial charge in [0.2, 0.25) is 0 Å². The van der Waals surface area contributed by atoms with E-state index in [1.807, 2.05) is 38.1 Å². The minimum atomic E-state index is -2.80. The van der Waals surface area contributed by atoms with Crippen molar-refractivity contribution in [1.82, 2.24) is 0 Å². The van der Waals surface area contributed by atoms with E-state index >= 15 is 0 Å². The summed E-state index contributed by atoms with van der Waals surface area (Å²) >= 11 is 0. The monoisotopic (exact) mass is 320 g/mol. The highest BCUT2D eigenvalue weighted by Gasteiger charge is 2.41. The fraction of sp³-hybridized carbons (Fsp3) is 0.375. The lowest BCUT2D eigenvalue weighted by molar-refractivity contribution is -0.218. The third-order valence-electron chi connectivity index (χ3n) is 3.44. The van der Waals surface area contributed by atoms with Crippen LogP contribution in [0.1, 0.15) is 31.4 Å². The molecule has 1 aliphatic rings. The van der Waals surface area contributed by atoms with E-state index in [1.54, 1.807) is 13.1 Å². The van der Waals surface area contributed by atoms with Crippen molar-refractivity contribution >= 4 is 26.1 Å². The summed E-state index contributed by atoms with van der Waals surface area (Å²) in [7, 11) is -2.80. The summed E-state index contributed by atoms with van der Waals surface area (Å²) in [5.41, 5.74) is 2.50. The van der Waals surface area contributed by atoms with Gasteiger partial charge in [0.1, 0.15) is 0 Å². The molecule has 2 rings (SSSR count). The van der Waals surface area contributed by atoms with E-state index in [2.05, 4.69) is 0 Å². The Bertz CT molecular complexity index is 633. The number of hydrogen-bond donors (Lipinski definition) is 0. The second-order valence-corrected chi connectivity index (χ2v) is 8.63. The molecule has 0 aromatic heterocycles. The summed E-state index contributed by atoms with van der Waals surface area (Å²) < 4.78 is 10.3. The number of allylic oxidation sites excluding steroid dienone is 1. The van der Waals surface area contributed by atoms with Crippen LogP contribution >= 0.6 is 0 Å². The summed E-state index contributed by atoms with van der Waals surface area (Å²) in [4.78, 5) is 29.4. The van der Waals surface area contributed by atoms with Gasteiger partial charge in [0.15, 0.2) is 5.57 Å². The molecular weight excluding hydrogens is 300 g/mol. The molecule has 1 fully saturated rings. The second-order valence-electron chi connectivity index (χ2n) is 5.46. The van der Waals surface area contributed by atoms with Gasteiger partial charge in [-0.05, 0) is 42.6 Å². The lowest BCUT2D eigenvalue weighted by Gasteiger charge is -2.16. The molecule has 1 aliphatic heterocycles. The first-order chi connectivity index (χ1) is 10.4. The third-order valence-corrected chi connectivity index (χ3v) is 4.61. The van der Waals surface area contributed by atoms with Crippen LogP contribution in [0.5, 0.6) is 0 Å². The topological polar surface area (TPSA) is 61.8 Å². The van der Waals surface area contributed by atoms with E-state index in [1.165, 1.54) is 0 Å². The number of hydrogen-bond acceptors (Lipinski definition) is 5. The van der Waals surface area contributed by atoms with Gasteiger partial charge in [-0.2, -0.15) is 4.58 Å². The van der Waals surface area contributed by atoms with Crippen molar-refractivity contribution in [2.24, 2.45) is 0 Å². The Kier molecular flexibility index (Phi) is 4.83. The van der Waals surface area contributed by atoms with Crippen molar-refractivity contribution in [3.8, 4) is 0 Å². The van der Waals surface area contributed by atoms with Gasteiger partial charge in [-0.25, -0.2) is 9.59 Å². The maximum Gasteiger partial charge on any atom is 0.442 e. The van der Waals surface area contributed by atoms with Gasteiger partial charge in [-0.3, -0.25) is 4.89 Å². The van der Waals surface area contributed by atoms with Crippen LogP contribution in [-0.2, 0) is 29.9 Å². The van der Waals surface area contributed by atoms with Crippen molar-refractivity contribution in [2.45, 2.75) is 39.8 Å². The fourth-order valence-corrected chi connectivity index (χ4v) is 3.28. The highest BCUT2D eigenvalue weighted by atomic mass is 28.4. The molecule has 0 radical (unpaired) electrons. The van der Waals surface area contributed by atoms with Crippen LogP contribution in [-0.4, -0.2) is 20.5 Å². The average Bonchev–Trinajstić information content (AvgIpc) is 2.58. The first-order valence-electron chi connectivity index (χ1n) is 7.34. The van der Waals surface area contributed by atoms with Crippen molar-refractivity contribution < 1.29 is 23.5 Å². The third kappa shape index (κ3) is 3.28. The maximum absolute atomic E-state index is 12.4. The largest absolute Gasteiger partial charge is 0.488 e. The lowest BCUT2D eigenvalue weighted by atomic mass is 9.92. The molecule has 5 nitrogen and oxygen atoms in total. The number of aryl methyl sites for hydroxylation is 1. The van der Waals surface area contributed by atoms with Crippen LogP contribution in [0.25, 0.3) is 5.57 Å². The van der Waals surface area contributed by atoms with E-state index < -0.39 is 20.5 Å². The van der Waals surface area contributed by atoms with Crippen molar-refractivity contribution in [2.75, 3.05) is 0 Å². The molecule has 1 aromatic carbocycles. The van der Waals surface area contributed by atoms with Crippen LogP contribution < -0.4 is 0 Å². The molecule has 1 heterocycles. The number of carbonyl (C=O) groups excluding carboxylic acids is 2. The van der Waals surface area contributed by atoms with Gasteiger partial charge < -0.3 is 4.43 Å². The van der Waals surface area contributed by atoms with Gasteiger partial charge in [-0.15, -0.1) is 0 Å². The Labute approximate surface area is 131 Å². The summed E-state index contributed by atoms with van der Waals surface area (Å²) in [5, 5.41) is 0. The molecule has 118 valence electrons. The van der Waals surface area contributed by atoms with Crippen LogP contribution in [0, 0.1) is 0 Å². The lowest BCUT2D eigenvalue weighted by Crippen LogP contribution is -2.35. The van der Waals surface area contributed by atoms with E-state index in [9.17, 15) is 9.59 Å². The zero-order chi connectivity index (χ0) is 16.3. The number of carbonyl (C=O) groups is 2. The summed E-state index contributed by atoms with van der Waals surface area (Å²) in [6.45, 7) is 7.21. The Hall–Kier alpha value is -1.92. The molecule has 0 N–H and O–H groups in total. The fourth-order valence-electron chi connectivity index (χ4n) is 2.43. The molecule has 0 bridgehead atoms. The molecule has 1 aromatic rings. The average molecular weight is 320 g/mol. The molecular formula is C16H20O5Si. The van der Waals surface area contributed by atoms with E-state index in [-0.39, 0.29) is 5.57 Å². The predicted octanol–water partition coefficient (Wildman–Crippen LogP) is 3.15. The smallest absolute Gasteiger partial charge is 0.442 e. The predicted molar refractivity (Wildman–Crippen MR) is 83.8 cm³/mol. The molecule has 22 heavy (non-hydrogen) atoms. The van der Waals surface area contributed by atoms with Gasteiger partial charge >= 0.3 is 20.5 Å². The molecule has 0 aliphatic carbocycles. The van der Waals surface area contributed by atoms with Crippen molar-refractivity contribution in [3.05, 3.63) is 41.0 Å². The molecule has 0 saturated carbocycles. The standard InChI is InChI=1S/C16H20O5Si/c1-5-11-9-7-8-10-13(11)12(6-2)14-15(17)19-21-22(3,4)20-16(14)18/h7-10H,5-6H2,1-4H3. The molecule has 0 spiro atoms. The molecule has 0 unspecified atom stereocenters. The molecule has 0 atom stereocenters. The van der Waals surface area contributed by atoms with Crippen LogP contribution in [0.3, 0.4) is 0 Å². The Morgan fingerprint density at radius 1 is 1.09 bits per heavy atom. The van der Waals surface area contributed by atoms with Crippen LogP contribution in [0.15, 0.2) is 29.8 Å². The van der Waals surface area contributed by atoms with Gasteiger partial charge in [0.05, 0.1) is 0 Å². The maximum atomic E-state index is 12.4. The highest BCUT2D eigenvalue weighted by molar-refractivity contribution is 6.66. The minimum absolute atomic E-state index is 0.0681. The van der Waals surface area contributed by atoms with Crippen molar-refractivity contribution in [3.63, 3.8) is 0 Å². The van der Waals surface area contributed by atoms with E-state index in [0.29, 0.717) is 12.0 Å². The zero-order valence-electron chi connectivity index (χ0n) is 13.3. The van der Waals surface area contributed by atoms with Gasteiger partial charge in [-0.1, -0.05) is 38.1 Å².